The lowest BCUT2D eigenvalue weighted by Gasteiger charge is -2.22. The summed E-state index contributed by atoms with van der Waals surface area (Å²) in [6.45, 7) is 3.44. The van der Waals surface area contributed by atoms with Crippen LogP contribution in [0.3, 0.4) is 0 Å². The number of nitrogens with one attached hydrogen (secondary N) is 1. The molecule has 0 aromatic carbocycles. The lowest BCUT2D eigenvalue weighted by Crippen LogP contribution is -2.32. The average molecular weight is 224 g/mol. The van der Waals surface area contributed by atoms with E-state index in [0.29, 0.717) is 0 Å². The quantitative estimate of drug-likeness (QED) is 0.719. The van der Waals surface area contributed by atoms with Crippen molar-refractivity contribution in [3.8, 4) is 0 Å². The Hall–Kier alpha value is 0.600. The van der Waals surface area contributed by atoms with Crippen LogP contribution in [0.15, 0.2) is 0 Å². The first-order chi connectivity index (χ1) is 5.93. The molecule has 0 saturated heterocycles. The van der Waals surface area contributed by atoms with Gasteiger partial charge in [0.25, 0.3) is 0 Å². The van der Waals surface area contributed by atoms with Gasteiger partial charge in [0.2, 0.25) is 0 Å². The zero-order chi connectivity index (χ0) is 8.65. The molecular formula is C10H22ClNS. The van der Waals surface area contributed by atoms with Gasteiger partial charge < -0.3 is 5.32 Å². The van der Waals surface area contributed by atoms with Crippen molar-refractivity contribution in [2.75, 3.05) is 18.1 Å². The molecule has 1 N–H and O–H groups in total. The van der Waals surface area contributed by atoms with Crippen molar-refractivity contribution in [3.05, 3.63) is 0 Å². The van der Waals surface area contributed by atoms with Crippen LogP contribution in [0.25, 0.3) is 0 Å². The van der Waals surface area contributed by atoms with Crippen molar-refractivity contribution in [2.45, 2.75) is 45.1 Å². The van der Waals surface area contributed by atoms with E-state index in [1.165, 1.54) is 50.2 Å². The standard InChI is InChI=1S/C10H21NS.ClH/c1-2-12-9-8-11-10-6-4-3-5-7-10;/h10-11H,2-9H2,1H3;1H. The molecule has 1 saturated carbocycles. The lowest BCUT2D eigenvalue weighted by atomic mass is 9.96. The Balaban J connectivity index is 0.00000144. The predicted octanol–water partition coefficient (Wildman–Crippen LogP) is 3.08. The first kappa shape index (κ1) is 13.6. The Morgan fingerprint density at radius 3 is 2.54 bits per heavy atom. The maximum absolute atomic E-state index is 3.64. The van der Waals surface area contributed by atoms with E-state index in [9.17, 15) is 0 Å². The Kier molecular flexibility index (Phi) is 9.59. The smallest absolute Gasteiger partial charge is 0.00673 e. The third-order valence-electron chi connectivity index (χ3n) is 2.49. The molecule has 0 aromatic heterocycles. The monoisotopic (exact) mass is 223 g/mol. The summed E-state index contributed by atoms with van der Waals surface area (Å²) in [5.74, 6) is 2.54. The van der Waals surface area contributed by atoms with E-state index in [1.54, 1.807) is 0 Å². The summed E-state index contributed by atoms with van der Waals surface area (Å²) in [5.41, 5.74) is 0. The van der Waals surface area contributed by atoms with Crippen LogP contribution in [-0.2, 0) is 0 Å². The first-order valence-electron chi connectivity index (χ1n) is 5.24. The third kappa shape index (κ3) is 6.64. The van der Waals surface area contributed by atoms with Gasteiger partial charge >= 0.3 is 0 Å². The van der Waals surface area contributed by atoms with Crippen LogP contribution < -0.4 is 5.32 Å². The van der Waals surface area contributed by atoms with Gasteiger partial charge in [0.05, 0.1) is 0 Å². The van der Waals surface area contributed by atoms with E-state index in [2.05, 4.69) is 12.2 Å². The fourth-order valence-corrected chi connectivity index (χ4v) is 2.34. The number of hydrogen-bond acceptors (Lipinski definition) is 2. The highest BCUT2D eigenvalue weighted by atomic mass is 35.5. The van der Waals surface area contributed by atoms with Crippen molar-refractivity contribution in [1.82, 2.24) is 5.32 Å². The molecule has 1 rings (SSSR count). The molecule has 0 atom stereocenters. The van der Waals surface area contributed by atoms with Gasteiger partial charge in [0.15, 0.2) is 0 Å². The van der Waals surface area contributed by atoms with Crippen molar-refractivity contribution in [3.63, 3.8) is 0 Å². The van der Waals surface area contributed by atoms with Gasteiger partial charge in [0, 0.05) is 18.3 Å². The first-order valence-corrected chi connectivity index (χ1v) is 6.40. The van der Waals surface area contributed by atoms with Crippen molar-refractivity contribution < 1.29 is 0 Å². The average Bonchev–Trinajstić information content (AvgIpc) is 2.14. The Bertz CT molecular complexity index is 105. The van der Waals surface area contributed by atoms with Crippen LogP contribution in [0.4, 0.5) is 0 Å². The predicted molar refractivity (Wildman–Crippen MR) is 65.1 cm³/mol. The molecule has 3 heteroatoms. The van der Waals surface area contributed by atoms with E-state index >= 15 is 0 Å². The zero-order valence-electron chi connectivity index (χ0n) is 8.55. The molecule has 0 unspecified atom stereocenters. The van der Waals surface area contributed by atoms with Crippen LogP contribution in [0, 0.1) is 0 Å². The maximum atomic E-state index is 3.64. The molecule has 0 spiro atoms. The number of thioether (sulfide) groups is 1. The highest BCUT2D eigenvalue weighted by molar-refractivity contribution is 7.99. The molecule has 1 fully saturated rings. The van der Waals surface area contributed by atoms with Crippen molar-refractivity contribution in [2.24, 2.45) is 0 Å². The Morgan fingerprint density at radius 2 is 1.92 bits per heavy atom. The Morgan fingerprint density at radius 1 is 1.23 bits per heavy atom. The van der Waals surface area contributed by atoms with Gasteiger partial charge in [-0.25, -0.2) is 0 Å². The number of halogens is 1. The minimum Gasteiger partial charge on any atom is -0.313 e. The van der Waals surface area contributed by atoms with Crippen molar-refractivity contribution in [1.29, 1.82) is 0 Å². The highest BCUT2D eigenvalue weighted by Gasteiger charge is 2.11. The second kappa shape index (κ2) is 9.17. The van der Waals surface area contributed by atoms with Gasteiger partial charge in [0.1, 0.15) is 0 Å². The normalized spacial score (nSPS) is 18.2. The molecule has 1 aliphatic carbocycles. The zero-order valence-corrected chi connectivity index (χ0v) is 10.2. The molecular weight excluding hydrogens is 202 g/mol. The topological polar surface area (TPSA) is 12.0 Å². The number of rotatable bonds is 5. The minimum atomic E-state index is 0. The summed E-state index contributed by atoms with van der Waals surface area (Å²) in [6, 6.07) is 0.844. The molecule has 0 heterocycles. The summed E-state index contributed by atoms with van der Waals surface area (Å²) in [7, 11) is 0. The van der Waals surface area contributed by atoms with Crippen molar-refractivity contribution >= 4 is 24.2 Å². The summed E-state index contributed by atoms with van der Waals surface area (Å²) < 4.78 is 0. The fraction of sp³-hybridized carbons (Fsp3) is 1.00. The summed E-state index contributed by atoms with van der Waals surface area (Å²) in [5, 5.41) is 3.64. The lowest BCUT2D eigenvalue weighted by molar-refractivity contribution is 0.381. The van der Waals surface area contributed by atoms with Crippen LogP contribution in [0.5, 0.6) is 0 Å². The SMILES string of the molecule is CCSCCNC1CCCCC1.Cl. The molecule has 0 aliphatic heterocycles. The van der Waals surface area contributed by atoms with Crippen LogP contribution >= 0.6 is 24.2 Å². The fourth-order valence-electron chi connectivity index (χ4n) is 1.79. The molecule has 1 nitrogen and oxygen atoms in total. The highest BCUT2D eigenvalue weighted by Crippen LogP contribution is 2.17. The third-order valence-corrected chi connectivity index (χ3v) is 3.39. The minimum absolute atomic E-state index is 0. The molecule has 80 valence electrons. The summed E-state index contributed by atoms with van der Waals surface area (Å²) in [4.78, 5) is 0. The molecule has 0 aromatic rings. The largest absolute Gasteiger partial charge is 0.313 e. The molecule has 0 amide bonds. The van der Waals surface area contributed by atoms with Gasteiger partial charge in [-0.3, -0.25) is 0 Å². The van der Waals surface area contributed by atoms with Crippen LogP contribution in [0.1, 0.15) is 39.0 Å². The molecule has 0 bridgehead atoms. The van der Waals surface area contributed by atoms with Gasteiger partial charge in [-0.15, -0.1) is 12.4 Å². The second-order valence-corrected chi connectivity index (χ2v) is 4.88. The van der Waals surface area contributed by atoms with Crippen LogP contribution in [0.2, 0.25) is 0 Å². The van der Waals surface area contributed by atoms with E-state index in [-0.39, 0.29) is 12.4 Å². The summed E-state index contributed by atoms with van der Waals surface area (Å²) >= 11 is 2.03. The van der Waals surface area contributed by atoms with E-state index in [1.807, 2.05) is 11.8 Å². The molecule has 1 aliphatic rings. The van der Waals surface area contributed by atoms with Crippen LogP contribution in [-0.4, -0.2) is 24.1 Å². The molecule has 13 heavy (non-hydrogen) atoms. The van der Waals surface area contributed by atoms with Gasteiger partial charge in [-0.05, 0) is 18.6 Å². The molecule has 0 radical (unpaired) electrons. The van der Waals surface area contributed by atoms with Gasteiger partial charge in [-0.2, -0.15) is 11.8 Å². The van der Waals surface area contributed by atoms with Gasteiger partial charge in [-0.1, -0.05) is 26.2 Å². The van der Waals surface area contributed by atoms with E-state index in [4.69, 9.17) is 0 Å². The van der Waals surface area contributed by atoms with E-state index in [0.717, 1.165) is 6.04 Å². The maximum Gasteiger partial charge on any atom is 0.00673 e. The number of hydrogen-bond donors (Lipinski definition) is 1. The van der Waals surface area contributed by atoms with E-state index < -0.39 is 0 Å². The Labute approximate surface area is 92.8 Å². The second-order valence-electron chi connectivity index (χ2n) is 3.49. The summed E-state index contributed by atoms with van der Waals surface area (Å²) in [6.07, 6.45) is 7.17.